The minimum absolute atomic E-state index is 0.183. The second-order valence-electron chi connectivity index (χ2n) is 6.79. The van der Waals surface area contributed by atoms with Crippen LogP contribution in [-0.2, 0) is 13.1 Å². The van der Waals surface area contributed by atoms with Crippen LogP contribution in [0.3, 0.4) is 0 Å². The third-order valence-corrected chi connectivity index (χ3v) is 4.98. The monoisotopic (exact) mass is 364 g/mol. The van der Waals surface area contributed by atoms with Gasteiger partial charge in [0.15, 0.2) is 0 Å². The second-order valence-corrected chi connectivity index (χ2v) is 6.79. The van der Waals surface area contributed by atoms with Crippen LogP contribution in [0.4, 0.5) is 5.69 Å². The summed E-state index contributed by atoms with van der Waals surface area (Å²) < 4.78 is 0. The summed E-state index contributed by atoms with van der Waals surface area (Å²) in [6.07, 6.45) is 0. The van der Waals surface area contributed by atoms with Gasteiger partial charge in [0.05, 0.1) is 13.2 Å². The molecule has 1 aliphatic rings. The third-order valence-electron chi connectivity index (χ3n) is 4.98. The number of hydrogen-bond donors (Lipinski definition) is 3. The Labute approximate surface area is 161 Å². The molecule has 0 aromatic heterocycles. The zero-order valence-electron chi connectivity index (χ0n) is 16.1. The van der Waals surface area contributed by atoms with Gasteiger partial charge in [0.1, 0.15) is 5.84 Å². The van der Waals surface area contributed by atoms with Crippen LogP contribution in [0.5, 0.6) is 0 Å². The molecule has 0 atom stereocenters. The highest BCUT2D eigenvalue weighted by Gasteiger charge is 2.22. The molecule has 1 heterocycles. The molecule has 6 heteroatoms. The molecule has 0 saturated carbocycles. The fourth-order valence-electron chi connectivity index (χ4n) is 3.20. The predicted molar refractivity (Wildman–Crippen MR) is 112 cm³/mol. The van der Waals surface area contributed by atoms with Crippen molar-refractivity contribution in [2.75, 3.05) is 25.6 Å². The maximum absolute atomic E-state index is 5.96. The van der Waals surface area contributed by atoms with E-state index in [0.717, 1.165) is 35.6 Å². The normalized spacial score (nSPS) is 14.1. The van der Waals surface area contributed by atoms with Gasteiger partial charge < -0.3 is 21.8 Å². The van der Waals surface area contributed by atoms with Crippen LogP contribution in [0.25, 0.3) is 0 Å². The lowest BCUT2D eigenvalue weighted by Gasteiger charge is -2.31. The first-order valence-electron chi connectivity index (χ1n) is 9.07. The molecule has 3 rings (SSSR count). The topological polar surface area (TPSA) is 82.9 Å². The van der Waals surface area contributed by atoms with E-state index in [1.807, 2.05) is 18.2 Å². The number of amidine groups is 1. The molecule has 0 amide bonds. The quantitative estimate of drug-likeness (QED) is 0.519. The van der Waals surface area contributed by atoms with E-state index in [1.165, 1.54) is 11.1 Å². The van der Waals surface area contributed by atoms with E-state index in [4.69, 9.17) is 11.5 Å². The number of anilines is 1. The summed E-state index contributed by atoms with van der Waals surface area (Å²) in [6, 6.07) is 14.5. The lowest BCUT2D eigenvalue weighted by Crippen LogP contribution is -2.36. The Morgan fingerprint density at radius 3 is 2.52 bits per heavy atom. The van der Waals surface area contributed by atoms with Crippen LogP contribution < -0.4 is 16.8 Å². The van der Waals surface area contributed by atoms with Gasteiger partial charge in [-0.05, 0) is 29.7 Å². The maximum atomic E-state index is 5.96. The van der Waals surface area contributed by atoms with Crippen molar-refractivity contribution < 1.29 is 0 Å². The van der Waals surface area contributed by atoms with Crippen LogP contribution in [0.2, 0.25) is 0 Å². The molecule has 0 saturated heterocycles. The van der Waals surface area contributed by atoms with E-state index in [0.29, 0.717) is 12.4 Å². The molecule has 27 heavy (non-hydrogen) atoms. The summed E-state index contributed by atoms with van der Waals surface area (Å²) in [5.74, 6) is 0.450. The van der Waals surface area contributed by atoms with E-state index < -0.39 is 0 Å². The van der Waals surface area contributed by atoms with Gasteiger partial charge >= 0.3 is 0 Å². The summed E-state index contributed by atoms with van der Waals surface area (Å²) in [7, 11) is 2.06. The summed E-state index contributed by atoms with van der Waals surface area (Å²) in [5, 5.41) is 7.90. The van der Waals surface area contributed by atoms with Gasteiger partial charge in [0, 0.05) is 37.1 Å². The first-order valence-corrected chi connectivity index (χ1v) is 9.07. The first kappa shape index (κ1) is 18.9. The smallest absolute Gasteiger partial charge is 0.127 e. The van der Waals surface area contributed by atoms with Gasteiger partial charge in [-0.3, -0.25) is 4.99 Å². The van der Waals surface area contributed by atoms with Gasteiger partial charge in [0.25, 0.3) is 0 Å². The molecule has 0 unspecified atom stereocenters. The van der Waals surface area contributed by atoms with Crippen molar-refractivity contribution in [2.45, 2.75) is 20.0 Å². The molecule has 1 aliphatic heterocycles. The number of aryl methyl sites for hydroxylation is 1. The zero-order valence-corrected chi connectivity index (χ0v) is 16.1. The lowest BCUT2D eigenvalue weighted by molar-refractivity contribution is 0.0291. The van der Waals surface area contributed by atoms with Crippen molar-refractivity contribution >= 4 is 11.5 Å². The Kier molecular flexibility index (Phi) is 5.78. The number of nitrogens with zero attached hydrogens (tertiary/aromatic N) is 3. The zero-order chi connectivity index (χ0) is 19.4. The van der Waals surface area contributed by atoms with Crippen molar-refractivity contribution in [1.82, 2.24) is 10.0 Å². The van der Waals surface area contributed by atoms with Gasteiger partial charge in [-0.1, -0.05) is 43.0 Å². The summed E-state index contributed by atoms with van der Waals surface area (Å²) in [6.45, 7) is 8.95. The first-order chi connectivity index (χ1) is 13.0. The molecule has 5 N–H and O–H groups in total. The van der Waals surface area contributed by atoms with Gasteiger partial charge in [-0.2, -0.15) is 0 Å². The minimum atomic E-state index is 0.183. The number of hydrogen-bond acceptors (Lipinski definition) is 5. The number of fused-ring (bicyclic) bond motifs is 1. The summed E-state index contributed by atoms with van der Waals surface area (Å²) >= 11 is 0. The van der Waals surface area contributed by atoms with Crippen molar-refractivity contribution in [1.29, 1.82) is 0 Å². The molecule has 0 aliphatic carbocycles. The van der Waals surface area contributed by atoms with Crippen LogP contribution >= 0.6 is 0 Å². The van der Waals surface area contributed by atoms with E-state index in [-0.39, 0.29) is 6.67 Å². The van der Waals surface area contributed by atoms with Crippen molar-refractivity contribution in [3.8, 4) is 0 Å². The fourth-order valence-corrected chi connectivity index (χ4v) is 3.20. The number of nitrogens with two attached hydrogens (primary N) is 2. The molecule has 0 fully saturated rings. The molecule has 0 spiro atoms. The molecule has 0 radical (unpaired) electrons. The van der Waals surface area contributed by atoms with Crippen LogP contribution in [0.15, 0.2) is 59.7 Å². The number of aliphatic imine (C=N–C) groups is 1. The van der Waals surface area contributed by atoms with Crippen molar-refractivity contribution in [2.24, 2.45) is 16.5 Å². The number of likely N-dealkylation sites (N-methyl/N-ethyl adjacent to an activating group) is 1. The third kappa shape index (κ3) is 4.30. The average molecular weight is 364 g/mol. The second kappa shape index (κ2) is 8.24. The van der Waals surface area contributed by atoms with Gasteiger partial charge in [-0.15, -0.1) is 0 Å². The Balaban J connectivity index is 1.62. The molecule has 0 bridgehead atoms. The van der Waals surface area contributed by atoms with Crippen molar-refractivity contribution in [3.05, 3.63) is 77.0 Å². The maximum Gasteiger partial charge on any atom is 0.127 e. The lowest BCUT2D eigenvalue weighted by atomic mass is 10.1. The molecular formula is C21H28N6. The van der Waals surface area contributed by atoms with Gasteiger partial charge in [-0.25, -0.2) is 5.01 Å². The highest BCUT2D eigenvalue weighted by Crippen LogP contribution is 2.25. The summed E-state index contributed by atoms with van der Waals surface area (Å²) in [5.41, 5.74) is 18.2. The average Bonchev–Trinajstić information content (AvgIpc) is 3.10. The number of nitrogens with one attached hydrogen (secondary N) is 1. The van der Waals surface area contributed by atoms with E-state index >= 15 is 0 Å². The number of benzene rings is 2. The van der Waals surface area contributed by atoms with Crippen LogP contribution in [0, 0.1) is 6.92 Å². The van der Waals surface area contributed by atoms with E-state index in [9.17, 15) is 0 Å². The Morgan fingerprint density at radius 2 is 1.89 bits per heavy atom. The van der Waals surface area contributed by atoms with Crippen LogP contribution in [0.1, 0.15) is 22.3 Å². The van der Waals surface area contributed by atoms with Crippen molar-refractivity contribution in [3.63, 3.8) is 0 Å². The highest BCUT2D eigenvalue weighted by molar-refractivity contribution is 5.98. The Morgan fingerprint density at radius 1 is 1.22 bits per heavy atom. The standard InChI is InChI=1S/C21H28N6/c1-15-8-9-17(21(23)25-14-22)10-20(15)24-11-16(2)26(3)27-12-18-6-4-5-7-19(18)13-27/h4-10,24H,2,11-14,22H2,1,3H3,(H2,23,25). The number of rotatable bonds is 7. The van der Waals surface area contributed by atoms with E-state index in [1.54, 1.807) is 0 Å². The minimum Gasteiger partial charge on any atom is -0.383 e. The van der Waals surface area contributed by atoms with E-state index in [2.05, 4.69) is 65.1 Å². The predicted octanol–water partition coefficient (Wildman–Crippen LogP) is 2.40. The molecule has 6 nitrogen and oxygen atoms in total. The molecule has 142 valence electrons. The fraction of sp³-hybridized carbons (Fsp3) is 0.286. The molecular weight excluding hydrogens is 336 g/mol. The Hall–Kier alpha value is -2.83. The molecule has 2 aromatic rings. The SMILES string of the molecule is C=C(CNc1cc(/C(N)=N/CN)ccc1C)N(C)N1Cc2ccccc2C1. The number of hydrazine groups is 1. The Bertz CT molecular complexity index is 833. The largest absolute Gasteiger partial charge is 0.383 e. The van der Waals surface area contributed by atoms with Crippen LogP contribution in [-0.4, -0.2) is 36.1 Å². The summed E-state index contributed by atoms with van der Waals surface area (Å²) in [4.78, 5) is 4.07. The van der Waals surface area contributed by atoms with Gasteiger partial charge in [0.2, 0.25) is 0 Å². The highest BCUT2D eigenvalue weighted by atomic mass is 15.6. The molecule has 2 aromatic carbocycles.